The monoisotopic (exact) mass is 344 g/mol. The minimum Gasteiger partial charge on any atom is -0.385 e. The fourth-order valence-electron chi connectivity index (χ4n) is 2.86. The summed E-state index contributed by atoms with van der Waals surface area (Å²) in [7, 11) is 0. The third-order valence-corrected chi connectivity index (χ3v) is 4.45. The molecule has 2 aliphatic rings. The molecule has 0 saturated heterocycles. The van der Waals surface area contributed by atoms with Crippen molar-refractivity contribution in [1.29, 1.82) is 0 Å². The van der Waals surface area contributed by atoms with Crippen LogP contribution in [0.15, 0.2) is 46.9 Å². The van der Waals surface area contributed by atoms with Gasteiger partial charge in [-0.3, -0.25) is 0 Å². The van der Waals surface area contributed by atoms with Gasteiger partial charge in [-0.15, -0.1) is 0 Å². The van der Waals surface area contributed by atoms with Crippen molar-refractivity contribution >= 4 is 27.3 Å². The Morgan fingerprint density at radius 1 is 0.762 bits per heavy atom. The molecule has 0 bridgehead atoms. The average molecular weight is 345 g/mol. The Kier molecular flexibility index (Phi) is 4.81. The number of para-hydroxylation sites is 1. The van der Waals surface area contributed by atoms with E-state index in [0.29, 0.717) is 0 Å². The molecule has 0 aliphatic carbocycles. The van der Waals surface area contributed by atoms with Crippen molar-refractivity contribution in [3.63, 3.8) is 0 Å². The molecule has 4 rings (SSSR count). The van der Waals surface area contributed by atoms with Gasteiger partial charge in [0.2, 0.25) is 0 Å². The van der Waals surface area contributed by atoms with Crippen molar-refractivity contribution in [2.24, 2.45) is 0 Å². The molecular formula is C18H21BrN2. The number of anilines is 2. The lowest BCUT2D eigenvalue weighted by atomic mass is 10.0. The summed E-state index contributed by atoms with van der Waals surface area (Å²) in [6.07, 6.45) is 4.98. The Morgan fingerprint density at radius 3 is 2.19 bits per heavy atom. The fourth-order valence-corrected chi connectivity index (χ4v) is 3.26. The molecule has 21 heavy (non-hydrogen) atoms. The minimum absolute atomic E-state index is 1.12. The van der Waals surface area contributed by atoms with Crippen LogP contribution < -0.4 is 10.6 Å². The Morgan fingerprint density at radius 2 is 1.43 bits per heavy atom. The number of hydrogen-bond donors (Lipinski definition) is 2. The van der Waals surface area contributed by atoms with E-state index in [4.69, 9.17) is 0 Å². The van der Waals surface area contributed by atoms with Crippen LogP contribution in [0.5, 0.6) is 0 Å². The molecule has 110 valence electrons. The average Bonchev–Trinajstić information content (AvgIpc) is 2.55. The molecule has 2 N–H and O–H groups in total. The van der Waals surface area contributed by atoms with Crippen molar-refractivity contribution in [2.75, 3.05) is 23.7 Å². The van der Waals surface area contributed by atoms with Gasteiger partial charge in [-0.05, 0) is 61.1 Å². The van der Waals surface area contributed by atoms with Gasteiger partial charge < -0.3 is 10.6 Å². The van der Waals surface area contributed by atoms with Gasteiger partial charge in [-0.25, -0.2) is 0 Å². The third kappa shape index (κ3) is 3.79. The summed E-state index contributed by atoms with van der Waals surface area (Å²) in [4.78, 5) is 0. The molecule has 2 aromatic rings. The van der Waals surface area contributed by atoms with Gasteiger partial charge in [-0.2, -0.15) is 0 Å². The lowest BCUT2D eigenvalue weighted by Crippen LogP contribution is -2.11. The molecular weight excluding hydrogens is 324 g/mol. The quantitative estimate of drug-likeness (QED) is 0.713. The maximum atomic E-state index is 3.46. The molecule has 0 amide bonds. The summed E-state index contributed by atoms with van der Waals surface area (Å²) in [5, 5.41) is 6.73. The molecule has 2 nitrogen and oxygen atoms in total. The highest BCUT2D eigenvalue weighted by Crippen LogP contribution is 2.25. The number of benzene rings is 2. The second-order valence-corrected chi connectivity index (χ2v) is 6.43. The first-order valence-electron chi connectivity index (χ1n) is 7.67. The molecule has 0 aromatic heterocycles. The van der Waals surface area contributed by atoms with E-state index in [-0.39, 0.29) is 0 Å². The van der Waals surface area contributed by atoms with E-state index in [1.807, 2.05) is 0 Å². The molecule has 0 fully saturated rings. The van der Waals surface area contributed by atoms with Gasteiger partial charge >= 0.3 is 0 Å². The number of nitrogens with one attached hydrogen (secondary N) is 2. The predicted octanol–water partition coefficient (Wildman–Crippen LogP) is 4.85. The van der Waals surface area contributed by atoms with Gasteiger partial charge in [0, 0.05) is 28.9 Å². The zero-order valence-electron chi connectivity index (χ0n) is 12.2. The summed E-state index contributed by atoms with van der Waals surface area (Å²) in [6, 6.07) is 14.9. The van der Waals surface area contributed by atoms with Crippen LogP contribution in [0.3, 0.4) is 0 Å². The number of hydrogen-bond acceptors (Lipinski definition) is 2. The van der Waals surface area contributed by atoms with Gasteiger partial charge in [0.25, 0.3) is 0 Å². The third-order valence-electron chi connectivity index (χ3n) is 3.96. The van der Waals surface area contributed by atoms with E-state index in [2.05, 4.69) is 69.0 Å². The number of halogens is 1. The lowest BCUT2D eigenvalue weighted by molar-refractivity contribution is 0.829. The van der Waals surface area contributed by atoms with Crippen molar-refractivity contribution in [3.05, 3.63) is 58.1 Å². The lowest BCUT2D eigenvalue weighted by Gasteiger charge is -2.17. The van der Waals surface area contributed by atoms with Crippen LogP contribution in [-0.2, 0) is 12.8 Å². The second kappa shape index (κ2) is 6.99. The summed E-state index contributed by atoms with van der Waals surface area (Å²) in [5.74, 6) is 0. The predicted molar refractivity (Wildman–Crippen MR) is 94.2 cm³/mol. The summed E-state index contributed by atoms with van der Waals surface area (Å²) in [6.45, 7) is 2.26. The van der Waals surface area contributed by atoms with Gasteiger partial charge in [-0.1, -0.05) is 34.1 Å². The van der Waals surface area contributed by atoms with Crippen LogP contribution >= 0.6 is 15.9 Å². The van der Waals surface area contributed by atoms with Crippen molar-refractivity contribution in [3.8, 4) is 0 Å². The normalized spacial score (nSPS) is 15.5. The van der Waals surface area contributed by atoms with Crippen molar-refractivity contribution in [1.82, 2.24) is 0 Å². The Balaban J connectivity index is 0.000000126. The van der Waals surface area contributed by atoms with Crippen molar-refractivity contribution < 1.29 is 0 Å². The SMILES string of the molecule is Brc1ccc2c(c1)CCCN2.c1ccc2c(c1)CCCN2. The first-order valence-corrected chi connectivity index (χ1v) is 8.46. The van der Waals surface area contributed by atoms with E-state index in [1.165, 1.54) is 52.7 Å². The number of aryl methyl sites for hydroxylation is 2. The van der Waals surface area contributed by atoms with Crippen LogP contribution in [0.4, 0.5) is 11.4 Å². The van der Waals surface area contributed by atoms with Crippen molar-refractivity contribution in [2.45, 2.75) is 25.7 Å². The van der Waals surface area contributed by atoms with E-state index in [1.54, 1.807) is 0 Å². The van der Waals surface area contributed by atoms with Gasteiger partial charge in [0.15, 0.2) is 0 Å². The molecule has 2 heterocycles. The van der Waals surface area contributed by atoms with Crippen LogP contribution in [0.1, 0.15) is 24.0 Å². The first-order chi connectivity index (χ1) is 10.3. The summed E-state index contributed by atoms with van der Waals surface area (Å²) >= 11 is 3.46. The van der Waals surface area contributed by atoms with E-state index in [0.717, 1.165) is 13.1 Å². The first kappa shape index (κ1) is 14.5. The highest BCUT2D eigenvalue weighted by atomic mass is 79.9. The van der Waals surface area contributed by atoms with Crippen LogP contribution in [-0.4, -0.2) is 13.1 Å². The molecule has 0 atom stereocenters. The maximum absolute atomic E-state index is 3.46. The molecule has 2 aliphatic heterocycles. The van der Waals surface area contributed by atoms with Crippen LogP contribution in [0.2, 0.25) is 0 Å². The molecule has 2 aromatic carbocycles. The van der Waals surface area contributed by atoms with Crippen LogP contribution in [0.25, 0.3) is 0 Å². The standard InChI is InChI=1S/C9H10BrN.C9H11N/c10-8-3-4-9-7(6-8)2-1-5-11-9;1-2-6-9-8(4-1)5-3-7-10-9/h3-4,6,11H,1-2,5H2;1-2,4,6,10H,3,5,7H2. The Hall–Kier alpha value is -1.48. The van der Waals surface area contributed by atoms with Gasteiger partial charge in [0.05, 0.1) is 0 Å². The van der Waals surface area contributed by atoms with Gasteiger partial charge in [0.1, 0.15) is 0 Å². The van der Waals surface area contributed by atoms with Crippen LogP contribution in [0, 0.1) is 0 Å². The highest BCUT2D eigenvalue weighted by Gasteiger charge is 2.07. The highest BCUT2D eigenvalue weighted by molar-refractivity contribution is 9.10. The Bertz CT molecular complexity index is 585. The topological polar surface area (TPSA) is 24.1 Å². The van der Waals surface area contributed by atoms with E-state index in [9.17, 15) is 0 Å². The molecule has 0 radical (unpaired) electrons. The van der Waals surface area contributed by atoms with E-state index >= 15 is 0 Å². The number of fused-ring (bicyclic) bond motifs is 2. The Labute approximate surface area is 135 Å². The molecule has 0 spiro atoms. The van der Waals surface area contributed by atoms with E-state index < -0.39 is 0 Å². The molecule has 0 unspecified atom stereocenters. The zero-order chi connectivity index (χ0) is 14.5. The molecule has 3 heteroatoms. The fraction of sp³-hybridized carbons (Fsp3) is 0.333. The smallest absolute Gasteiger partial charge is 0.0373 e. The maximum Gasteiger partial charge on any atom is 0.0373 e. The largest absolute Gasteiger partial charge is 0.385 e. The molecule has 0 saturated carbocycles. The second-order valence-electron chi connectivity index (χ2n) is 5.52. The number of rotatable bonds is 0. The summed E-state index contributed by atoms with van der Waals surface area (Å²) < 4.78 is 1.18. The summed E-state index contributed by atoms with van der Waals surface area (Å²) in [5.41, 5.74) is 5.53. The minimum atomic E-state index is 1.12. The zero-order valence-corrected chi connectivity index (χ0v) is 13.7.